The summed E-state index contributed by atoms with van der Waals surface area (Å²) < 4.78 is 43.3. The van der Waals surface area contributed by atoms with Crippen LogP contribution in [0.4, 0.5) is 13.2 Å². The highest BCUT2D eigenvalue weighted by Crippen LogP contribution is 2.32. The summed E-state index contributed by atoms with van der Waals surface area (Å²) in [6, 6.07) is 1.88. The molecule has 4 aliphatic rings. The van der Waals surface area contributed by atoms with Gasteiger partial charge < -0.3 is 15.0 Å². The minimum Gasteiger partial charge on any atom is -0.373 e. The molecule has 1 saturated carbocycles. The van der Waals surface area contributed by atoms with Gasteiger partial charge in [0, 0.05) is 43.9 Å². The Bertz CT molecular complexity index is 702. The Balaban J connectivity index is 0.000000234. The summed E-state index contributed by atoms with van der Waals surface area (Å²) in [5.74, 6) is 0.154. The quantitative estimate of drug-likeness (QED) is 0.738. The van der Waals surface area contributed by atoms with Crippen molar-refractivity contribution in [2.24, 2.45) is 5.92 Å². The van der Waals surface area contributed by atoms with Crippen molar-refractivity contribution in [2.45, 2.75) is 77.2 Å². The minimum absolute atomic E-state index is 0.0605. The molecule has 1 aromatic heterocycles. The predicted octanol–water partition coefficient (Wildman–Crippen LogP) is 3.95. The number of hydrogen-bond donors (Lipinski definition) is 1. The maximum Gasteiger partial charge on any atom is 0.417 e. The number of hydrogen-bond acceptors (Lipinski definition) is 4. The number of ether oxygens (including phenoxy) is 1. The Morgan fingerprint density at radius 3 is 2.43 bits per heavy atom. The molecule has 0 bridgehead atoms. The summed E-state index contributed by atoms with van der Waals surface area (Å²) in [6.07, 6.45) is 2.83. The Kier molecular flexibility index (Phi) is 7.74. The lowest BCUT2D eigenvalue weighted by atomic mass is 9.99. The predicted molar refractivity (Wildman–Crippen MR) is 108 cm³/mol. The third-order valence-corrected chi connectivity index (χ3v) is 5.90. The number of pyridine rings is 1. The van der Waals surface area contributed by atoms with Gasteiger partial charge in [-0.15, -0.1) is 0 Å². The first-order valence-electron chi connectivity index (χ1n) is 11.0. The molecule has 1 aliphatic carbocycles. The second kappa shape index (κ2) is 10.1. The number of carbonyl (C=O) groups excluding carboxylic acids is 1. The summed E-state index contributed by atoms with van der Waals surface area (Å²) in [6.45, 7) is 7.09. The first kappa shape index (κ1) is 23.0. The van der Waals surface area contributed by atoms with E-state index in [-0.39, 0.29) is 18.4 Å². The van der Waals surface area contributed by atoms with E-state index in [9.17, 15) is 18.0 Å². The van der Waals surface area contributed by atoms with Gasteiger partial charge >= 0.3 is 6.18 Å². The molecule has 2 unspecified atom stereocenters. The molecule has 0 aromatic carbocycles. The van der Waals surface area contributed by atoms with E-state index >= 15 is 0 Å². The Hall–Kier alpha value is -1.67. The molecule has 3 aliphatic heterocycles. The van der Waals surface area contributed by atoms with Crippen molar-refractivity contribution in [2.75, 3.05) is 19.7 Å². The Morgan fingerprint density at radius 1 is 1.30 bits per heavy atom. The normalized spacial score (nSPS) is 24.8. The summed E-state index contributed by atoms with van der Waals surface area (Å²) in [5, 5.41) is 3.22. The Labute approximate surface area is 176 Å². The van der Waals surface area contributed by atoms with Gasteiger partial charge in [-0.3, -0.25) is 9.78 Å². The van der Waals surface area contributed by atoms with Crippen molar-refractivity contribution in [1.29, 1.82) is 0 Å². The molecule has 168 valence electrons. The van der Waals surface area contributed by atoms with Crippen molar-refractivity contribution in [3.63, 3.8) is 0 Å². The zero-order chi connectivity index (χ0) is 21.7. The van der Waals surface area contributed by atoms with Crippen LogP contribution >= 0.6 is 0 Å². The van der Waals surface area contributed by atoms with E-state index in [1.54, 1.807) is 4.90 Å². The lowest BCUT2D eigenvalue weighted by Gasteiger charge is -2.46. The minimum atomic E-state index is -4.39. The molecule has 4 heterocycles. The maximum absolute atomic E-state index is 12.7. The van der Waals surface area contributed by atoms with E-state index in [0.717, 1.165) is 57.1 Å². The van der Waals surface area contributed by atoms with Gasteiger partial charge in [0.25, 0.3) is 0 Å². The van der Waals surface area contributed by atoms with Gasteiger partial charge in [0.15, 0.2) is 0 Å². The van der Waals surface area contributed by atoms with Gasteiger partial charge in [-0.2, -0.15) is 13.2 Å². The van der Waals surface area contributed by atoms with Crippen molar-refractivity contribution in [3.05, 3.63) is 29.1 Å². The van der Waals surface area contributed by atoms with Crippen molar-refractivity contribution < 1.29 is 22.7 Å². The van der Waals surface area contributed by atoms with Gasteiger partial charge in [-0.05, 0) is 24.5 Å². The lowest BCUT2D eigenvalue weighted by Crippen LogP contribution is -2.68. The van der Waals surface area contributed by atoms with Gasteiger partial charge in [0.05, 0.1) is 24.3 Å². The molecule has 2 saturated heterocycles. The van der Waals surface area contributed by atoms with Gasteiger partial charge in [-0.1, -0.05) is 33.1 Å². The first-order chi connectivity index (χ1) is 14.3. The van der Waals surface area contributed by atoms with E-state index in [1.165, 1.54) is 6.42 Å². The number of amides is 1. The standard InChI is InChI=1S/C15H17F3N2O.C4H7NO.C3H8/c16-15(17,18)12-7-11-9-20(6-5-13(11)19-8-12)14(21)10-3-1-2-4-10;1-4-3(5-1)2-6-4;1-3-2/h7-8,10H,1-6,9H2;3-5H,1-2H2;3H2,1-2H3. The molecule has 0 spiro atoms. The molecule has 1 aromatic rings. The summed E-state index contributed by atoms with van der Waals surface area (Å²) in [7, 11) is 0. The zero-order valence-electron chi connectivity index (χ0n) is 17.8. The number of rotatable bonds is 1. The molecule has 1 N–H and O–H groups in total. The van der Waals surface area contributed by atoms with E-state index in [2.05, 4.69) is 24.1 Å². The van der Waals surface area contributed by atoms with Gasteiger partial charge in [-0.25, -0.2) is 0 Å². The molecule has 1 amide bonds. The van der Waals surface area contributed by atoms with Crippen molar-refractivity contribution in [3.8, 4) is 0 Å². The monoisotopic (exact) mass is 427 g/mol. The van der Waals surface area contributed by atoms with E-state index < -0.39 is 11.7 Å². The third-order valence-electron chi connectivity index (χ3n) is 5.90. The average Bonchev–Trinajstić information content (AvgIpc) is 3.24. The van der Waals surface area contributed by atoms with E-state index in [1.807, 2.05) is 0 Å². The molecule has 3 fully saturated rings. The first-order valence-corrected chi connectivity index (χ1v) is 11.0. The van der Waals surface area contributed by atoms with Gasteiger partial charge in [0.2, 0.25) is 5.91 Å². The molecule has 2 atom stereocenters. The SMILES string of the molecule is C1OC2CNC12.CCC.O=C(C1CCCC1)N1CCc2ncc(C(F)(F)F)cc2C1. The molecular weight excluding hydrogens is 395 g/mol. The number of carbonyl (C=O) groups is 1. The molecule has 5 nitrogen and oxygen atoms in total. The van der Waals surface area contributed by atoms with Crippen LogP contribution in [-0.4, -0.2) is 47.6 Å². The number of morpholine rings is 1. The smallest absolute Gasteiger partial charge is 0.373 e. The lowest BCUT2D eigenvalue weighted by molar-refractivity contribution is -0.138. The number of nitrogens with zero attached hydrogens (tertiary/aromatic N) is 2. The number of alkyl halides is 3. The average molecular weight is 428 g/mol. The van der Waals surface area contributed by atoms with E-state index in [4.69, 9.17) is 4.74 Å². The number of nitrogens with one attached hydrogen (secondary N) is 1. The molecule has 30 heavy (non-hydrogen) atoms. The van der Waals surface area contributed by atoms with Crippen molar-refractivity contribution >= 4 is 5.91 Å². The third kappa shape index (κ3) is 5.52. The molecule has 8 heteroatoms. The van der Waals surface area contributed by atoms with Crippen LogP contribution in [0.15, 0.2) is 12.3 Å². The van der Waals surface area contributed by atoms with Crippen LogP contribution in [0.2, 0.25) is 0 Å². The topological polar surface area (TPSA) is 54.5 Å². The van der Waals surface area contributed by atoms with E-state index in [0.29, 0.717) is 30.3 Å². The van der Waals surface area contributed by atoms with Crippen LogP contribution in [0.5, 0.6) is 0 Å². The summed E-state index contributed by atoms with van der Waals surface area (Å²) in [4.78, 5) is 18.0. The Morgan fingerprint density at radius 2 is 1.97 bits per heavy atom. The highest BCUT2D eigenvalue weighted by Gasteiger charge is 2.39. The number of aromatic nitrogens is 1. The van der Waals surface area contributed by atoms with Crippen molar-refractivity contribution in [1.82, 2.24) is 15.2 Å². The zero-order valence-corrected chi connectivity index (χ0v) is 17.8. The van der Waals surface area contributed by atoms with Crippen LogP contribution in [-0.2, 0) is 28.7 Å². The second-order valence-electron chi connectivity index (χ2n) is 8.41. The van der Waals surface area contributed by atoms with Crippen LogP contribution in [0.3, 0.4) is 0 Å². The van der Waals surface area contributed by atoms with Crippen LogP contribution in [0.1, 0.15) is 62.8 Å². The van der Waals surface area contributed by atoms with Crippen LogP contribution in [0.25, 0.3) is 0 Å². The van der Waals surface area contributed by atoms with Crippen LogP contribution < -0.4 is 5.32 Å². The fraction of sp³-hybridized carbons (Fsp3) is 0.727. The largest absolute Gasteiger partial charge is 0.417 e. The highest BCUT2D eigenvalue weighted by molar-refractivity contribution is 5.79. The maximum atomic E-state index is 12.7. The fourth-order valence-electron chi connectivity index (χ4n) is 4.03. The molecule has 0 radical (unpaired) electrons. The number of halogens is 3. The second-order valence-corrected chi connectivity index (χ2v) is 8.41. The van der Waals surface area contributed by atoms with Gasteiger partial charge in [0.1, 0.15) is 0 Å². The van der Waals surface area contributed by atoms with Crippen LogP contribution in [0, 0.1) is 5.92 Å². The summed E-state index contributed by atoms with van der Waals surface area (Å²) >= 11 is 0. The molecule has 5 rings (SSSR count). The fourth-order valence-corrected chi connectivity index (χ4v) is 4.03. The summed E-state index contributed by atoms with van der Waals surface area (Å²) in [5.41, 5.74) is 0.470. The molecular formula is C22H32F3N3O2. The highest BCUT2D eigenvalue weighted by atomic mass is 19.4. The number of fused-ring (bicyclic) bond motifs is 2.